The van der Waals surface area contributed by atoms with Crippen LogP contribution in [0.5, 0.6) is 5.75 Å². The molecule has 1 aromatic carbocycles. The van der Waals surface area contributed by atoms with Crippen LogP contribution in [-0.4, -0.2) is 18.0 Å². The molecule has 0 saturated carbocycles. The van der Waals surface area contributed by atoms with Crippen molar-refractivity contribution in [2.45, 2.75) is 19.3 Å². The van der Waals surface area contributed by atoms with Crippen LogP contribution < -0.4 is 10.1 Å². The predicted octanol–water partition coefficient (Wildman–Crippen LogP) is 3.22. The fraction of sp³-hybridized carbons (Fsp3) is 0.250. The van der Waals surface area contributed by atoms with Gasteiger partial charge >= 0.3 is 0 Å². The lowest BCUT2D eigenvalue weighted by molar-refractivity contribution is -0.116. The average Bonchev–Trinajstić information content (AvgIpc) is 2.48. The Kier molecular flexibility index (Phi) is 4.71. The molecule has 0 fully saturated rings. The number of aromatic nitrogens is 1. The molecule has 1 atom stereocenters. The monoisotopic (exact) mass is 270 g/mol. The molecule has 1 unspecified atom stereocenters. The van der Waals surface area contributed by atoms with E-state index in [0.717, 1.165) is 17.0 Å². The maximum absolute atomic E-state index is 12.0. The maximum Gasteiger partial charge on any atom is 0.224 e. The second-order valence-electron chi connectivity index (χ2n) is 4.67. The van der Waals surface area contributed by atoms with Crippen LogP contribution in [0.1, 0.15) is 24.8 Å². The number of rotatable bonds is 5. The van der Waals surface area contributed by atoms with Gasteiger partial charge in [0.05, 0.1) is 7.11 Å². The topological polar surface area (TPSA) is 51.2 Å². The zero-order chi connectivity index (χ0) is 14.4. The number of nitrogens with one attached hydrogen (secondary N) is 1. The second kappa shape index (κ2) is 6.70. The van der Waals surface area contributed by atoms with Crippen LogP contribution in [0.15, 0.2) is 48.8 Å². The Bertz CT molecular complexity index is 570. The zero-order valence-corrected chi connectivity index (χ0v) is 11.7. The van der Waals surface area contributed by atoms with Crippen molar-refractivity contribution in [1.82, 2.24) is 4.98 Å². The zero-order valence-electron chi connectivity index (χ0n) is 11.7. The highest BCUT2D eigenvalue weighted by molar-refractivity contribution is 5.91. The van der Waals surface area contributed by atoms with Crippen molar-refractivity contribution in [3.63, 3.8) is 0 Å². The van der Waals surface area contributed by atoms with Crippen LogP contribution in [0.2, 0.25) is 0 Å². The third-order valence-electron chi connectivity index (χ3n) is 3.10. The van der Waals surface area contributed by atoms with E-state index in [4.69, 9.17) is 4.74 Å². The molecular weight excluding hydrogens is 252 g/mol. The number of hydrogen-bond donors (Lipinski definition) is 1. The molecule has 1 amide bonds. The fourth-order valence-corrected chi connectivity index (χ4v) is 1.98. The number of ether oxygens (including phenoxy) is 1. The molecule has 4 nitrogen and oxygen atoms in total. The smallest absolute Gasteiger partial charge is 0.224 e. The van der Waals surface area contributed by atoms with Gasteiger partial charge in [0, 0.05) is 30.6 Å². The number of methoxy groups -OCH3 is 1. The van der Waals surface area contributed by atoms with Crippen LogP contribution in [0.4, 0.5) is 5.69 Å². The summed E-state index contributed by atoms with van der Waals surface area (Å²) in [7, 11) is 1.60. The number of hydrogen-bond acceptors (Lipinski definition) is 3. The number of anilines is 1. The summed E-state index contributed by atoms with van der Waals surface area (Å²) < 4.78 is 5.13. The minimum atomic E-state index is -0.0189. The number of carbonyl (C=O) groups is 1. The molecule has 1 aromatic heterocycles. The third-order valence-corrected chi connectivity index (χ3v) is 3.10. The fourth-order valence-electron chi connectivity index (χ4n) is 1.98. The van der Waals surface area contributed by atoms with Gasteiger partial charge in [-0.15, -0.1) is 0 Å². The highest BCUT2D eigenvalue weighted by atomic mass is 16.5. The van der Waals surface area contributed by atoms with Gasteiger partial charge in [-0.1, -0.05) is 19.1 Å². The van der Waals surface area contributed by atoms with Crippen LogP contribution >= 0.6 is 0 Å². The van der Waals surface area contributed by atoms with Crippen molar-refractivity contribution in [2.24, 2.45) is 0 Å². The van der Waals surface area contributed by atoms with E-state index in [1.165, 1.54) is 0 Å². The van der Waals surface area contributed by atoms with Gasteiger partial charge in [0.15, 0.2) is 0 Å². The minimum Gasteiger partial charge on any atom is -0.497 e. The van der Waals surface area contributed by atoms with E-state index in [0.29, 0.717) is 6.42 Å². The van der Waals surface area contributed by atoms with Gasteiger partial charge in [-0.3, -0.25) is 9.78 Å². The van der Waals surface area contributed by atoms with Gasteiger partial charge in [0.1, 0.15) is 5.75 Å². The Labute approximate surface area is 118 Å². The lowest BCUT2D eigenvalue weighted by Gasteiger charge is -2.12. The molecule has 0 saturated heterocycles. The molecule has 104 valence electrons. The van der Waals surface area contributed by atoms with Crippen LogP contribution in [0.3, 0.4) is 0 Å². The molecular formula is C16H18N2O2. The minimum absolute atomic E-state index is 0.0189. The first-order valence-corrected chi connectivity index (χ1v) is 6.53. The predicted molar refractivity (Wildman–Crippen MR) is 78.9 cm³/mol. The second-order valence-corrected chi connectivity index (χ2v) is 4.67. The average molecular weight is 270 g/mol. The van der Waals surface area contributed by atoms with Crippen molar-refractivity contribution in [2.75, 3.05) is 12.4 Å². The largest absolute Gasteiger partial charge is 0.497 e. The Morgan fingerprint density at radius 1 is 1.35 bits per heavy atom. The summed E-state index contributed by atoms with van der Waals surface area (Å²) in [6.45, 7) is 2.02. The van der Waals surface area contributed by atoms with Gasteiger partial charge in [-0.2, -0.15) is 0 Å². The molecule has 1 heterocycles. The lowest BCUT2D eigenvalue weighted by Crippen LogP contribution is -2.14. The number of benzene rings is 1. The molecule has 0 radical (unpaired) electrons. The molecule has 0 aliphatic rings. The number of pyridine rings is 1. The summed E-state index contributed by atoms with van der Waals surface area (Å²) in [5.41, 5.74) is 1.81. The first-order valence-electron chi connectivity index (χ1n) is 6.53. The van der Waals surface area contributed by atoms with Crippen molar-refractivity contribution < 1.29 is 9.53 Å². The van der Waals surface area contributed by atoms with Crippen molar-refractivity contribution in [3.8, 4) is 5.75 Å². The molecule has 0 aliphatic carbocycles. The van der Waals surface area contributed by atoms with E-state index >= 15 is 0 Å². The number of carbonyl (C=O) groups excluding carboxylic acids is 1. The Morgan fingerprint density at radius 3 is 2.90 bits per heavy atom. The summed E-state index contributed by atoms with van der Waals surface area (Å²) in [6, 6.07) is 11.2. The molecule has 0 spiro atoms. The van der Waals surface area contributed by atoms with E-state index in [-0.39, 0.29) is 11.8 Å². The molecule has 0 aliphatic heterocycles. The maximum atomic E-state index is 12.0. The van der Waals surface area contributed by atoms with Crippen molar-refractivity contribution >= 4 is 11.6 Å². The van der Waals surface area contributed by atoms with Gasteiger partial charge in [-0.05, 0) is 29.7 Å². The van der Waals surface area contributed by atoms with E-state index in [1.54, 1.807) is 25.6 Å². The summed E-state index contributed by atoms with van der Waals surface area (Å²) in [6.07, 6.45) is 3.94. The Morgan fingerprint density at radius 2 is 2.20 bits per heavy atom. The summed E-state index contributed by atoms with van der Waals surface area (Å²) in [4.78, 5) is 16.1. The summed E-state index contributed by atoms with van der Waals surface area (Å²) in [5.74, 6) is 0.840. The molecule has 2 aromatic rings. The lowest BCUT2D eigenvalue weighted by atomic mass is 9.99. The van der Waals surface area contributed by atoms with E-state index < -0.39 is 0 Å². The Balaban J connectivity index is 1.95. The first kappa shape index (κ1) is 14.1. The molecule has 4 heteroatoms. The van der Waals surface area contributed by atoms with Crippen molar-refractivity contribution in [3.05, 3.63) is 54.4 Å². The van der Waals surface area contributed by atoms with Crippen LogP contribution in [-0.2, 0) is 4.79 Å². The first-order chi connectivity index (χ1) is 9.69. The van der Waals surface area contributed by atoms with Crippen LogP contribution in [0, 0.1) is 0 Å². The van der Waals surface area contributed by atoms with Gasteiger partial charge in [-0.25, -0.2) is 0 Å². The number of amides is 1. The molecule has 1 N–H and O–H groups in total. The normalized spacial score (nSPS) is 11.7. The molecule has 0 bridgehead atoms. The standard InChI is InChI=1S/C16H18N2O2/c1-12(13-5-4-8-17-11-13)9-16(19)18-14-6-3-7-15(10-14)20-2/h3-8,10-12H,9H2,1-2H3,(H,18,19). The van der Waals surface area contributed by atoms with Gasteiger partial charge in [0.25, 0.3) is 0 Å². The SMILES string of the molecule is COc1cccc(NC(=O)CC(C)c2cccnc2)c1. The number of nitrogens with zero attached hydrogens (tertiary/aromatic N) is 1. The Hall–Kier alpha value is -2.36. The molecule has 20 heavy (non-hydrogen) atoms. The van der Waals surface area contributed by atoms with E-state index in [9.17, 15) is 4.79 Å². The highest BCUT2D eigenvalue weighted by Gasteiger charge is 2.11. The molecule has 2 rings (SSSR count). The summed E-state index contributed by atoms with van der Waals surface area (Å²) in [5, 5.41) is 2.88. The van der Waals surface area contributed by atoms with Crippen LogP contribution in [0.25, 0.3) is 0 Å². The van der Waals surface area contributed by atoms with E-state index in [2.05, 4.69) is 10.3 Å². The highest BCUT2D eigenvalue weighted by Crippen LogP contribution is 2.20. The summed E-state index contributed by atoms with van der Waals surface area (Å²) >= 11 is 0. The van der Waals surface area contributed by atoms with E-state index in [1.807, 2.05) is 37.3 Å². The van der Waals surface area contributed by atoms with Gasteiger partial charge in [0.2, 0.25) is 5.91 Å². The third kappa shape index (κ3) is 3.82. The quantitative estimate of drug-likeness (QED) is 0.907. The van der Waals surface area contributed by atoms with Gasteiger partial charge < -0.3 is 10.1 Å². The van der Waals surface area contributed by atoms with Crippen molar-refractivity contribution in [1.29, 1.82) is 0 Å².